The fourth-order valence-corrected chi connectivity index (χ4v) is 3.96. The van der Waals surface area contributed by atoms with Crippen molar-refractivity contribution >= 4 is 35.0 Å². The summed E-state index contributed by atoms with van der Waals surface area (Å²) in [4.78, 5) is 13.8. The van der Waals surface area contributed by atoms with Crippen LogP contribution in [0.25, 0.3) is 0 Å². The Morgan fingerprint density at radius 1 is 1.11 bits per heavy atom. The highest BCUT2D eigenvalue weighted by Gasteiger charge is 2.22. The van der Waals surface area contributed by atoms with Gasteiger partial charge in [-0.05, 0) is 42.8 Å². The third-order valence-electron chi connectivity index (χ3n) is 4.15. The maximum atomic E-state index is 12.8. The first-order chi connectivity index (χ1) is 13.2. The molecule has 3 rings (SSSR count). The highest BCUT2D eigenvalue weighted by atomic mass is 32.2. The first kappa shape index (κ1) is 19.7. The summed E-state index contributed by atoms with van der Waals surface area (Å²) in [6.07, 6.45) is 2.30. The fraction of sp³-hybridized carbons (Fsp3) is 0.300. The Morgan fingerprint density at radius 3 is 2.48 bits per heavy atom. The molecule has 3 N–H and O–H groups in total. The number of hydrogen-bond acceptors (Lipinski definition) is 4. The van der Waals surface area contributed by atoms with Crippen molar-refractivity contribution in [2.24, 2.45) is 0 Å². The van der Waals surface area contributed by atoms with Gasteiger partial charge < -0.3 is 10.1 Å². The summed E-state index contributed by atoms with van der Waals surface area (Å²) < 4.78 is 5.55. The van der Waals surface area contributed by atoms with Crippen LogP contribution in [0.4, 0.5) is 0 Å². The van der Waals surface area contributed by atoms with E-state index < -0.39 is 0 Å². The molecule has 1 aliphatic heterocycles. The number of hydrazine groups is 1. The van der Waals surface area contributed by atoms with Crippen molar-refractivity contribution in [3.63, 3.8) is 0 Å². The minimum atomic E-state index is -0.387. The van der Waals surface area contributed by atoms with E-state index in [9.17, 15) is 4.79 Å². The Kier molecular flexibility index (Phi) is 7.50. The van der Waals surface area contributed by atoms with E-state index in [0.717, 1.165) is 29.9 Å². The predicted octanol–water partition coefficient (Wildman–Crippen LogP) is 3.19. The lowest BCUT2D eigenvalue weighted by Gasteiger charge is -2.19. The summed E-state index contributed by atoms with van der Waals surface area (Å²) in [6.45, 7) is 1.45. The summed E-state index contributed by atoms with van der Waals surface area (Å²) >= 11 is 6.74. The quantitative estimate of drug-likeness (QED) is 0.393. The normalized spacial score (nSPS) is 17.1. The molecule has 1 saturated heterocycles. The summed E-state index contributed by atoms with van der Waals surface area (Å²) in [5, 5.41) is 3.08. The largest absolute Gasteiger partial charge is 0.376 e. The molecule has 0 aliphatic carbocycles. The van der Waals surface area contributed by atoms with Crippen LogP contribution in [0.3, 0.4) is 0 Å². The molecule has 27 heavy (non-hydrogen) atoms. The van der Waals surface area contributed by atoms with Gasteiger partial charge in [0.2, 0.25) is 0 Å². The van der Waals surface area contributed by atoms with E-state index >= 15 is 0 Å². The smallest absolute Gasteiger partial charge is 0.256 e. The molecule has 0 saturated carbocycles. The van der Waals surface area contributed by atoms with Crippen molar-refractivity contribution in [1.29, 1.82) is 0 Å². The SMILES string of the molecule is O=C(NNC(=S)NC[C@H]1CCCO1)[C@@H](Sc1ccccc1)c1ccccc1. The molecule has 1 fully saturated rings. The Morgan fingerprint density at radius 2 is 1.81 bits per heavy atom. The van der Waals surface area contributed by atoms with Gasteiger partial charge in [0, 0.05) is 18.0 Å². The lowest BCUT2D eigenvalue weighted by atomic mass is 10.1. The van der Waals surface area contributed by atoms with Crippen LogP contribution in [0.15, 0.2) is 65.6 Å². The van der Waals surface area contributed by atoms with Crippen LogP contribution >= 0.6 is 24.0 Å². The van der Waals surface area contributed by atoms with Crippen LogP contribution in [0.2, 0.25) is 0 Å². The molecule has 1 amide bonds. The first-order valence-electron chi connectivity index (χ1n) is 8.94. The minimum Gasteiger partial charge on any atom is -0.376 e. The molecule has 0 unspecified atom stereocenters. The molecule has 5 nitrogen and oxygen atoms in total. The van der Waals surface area contributed by atoms with Crippen LogP contribution < -0.4 is 16.2 Å². The van der Waals surface area contributed by atoms with Crippen molar-refractivity contribution in [3.8, 4) is 0 Å². The molecule has 0 spiro atoms. The molecule has 2 aromatic carbocycles. The summed E-state index contributed by atoms with van der Waals surface area (Å²) in [5.41, 5.74) is 6.45. The Balaban J connectivity index is 1.56. The molecular weight excluding hydrogens is 378 g/mol. The summed E-state index contributed by atoms with van der Waals surface area (Å²) in [6, 6.07) is 19.6. The monoisotopic (exact) mass is 401 g/mol. The number of ether oxygens (including phenoxy) is 1. The van der Waals surface area contributed by atoms with Crippen molar-refractivity contribution in [3.05, 3.63) is 66.2 Å². The Bertz CT molecular complexity index is 737. The van der Waals surface area contributed by atoms with Crippen LogP contribution in [-0.4, -0.2) is 30.3 Å². The van der Waals surface area contributed by atoms with Gasteiger partial charge in [0.05, 0.1) is 6.10 Å². The second kappa shape index (κ2) is 10.3. The van der Waals surface area contributed by atoms with E-state index in [0.29, 0.717) is 11.7 Å². The zero-order valence-corrected chi connectivity index (χ0v) is 16.5. The zero-order valence-electron chi connectivity index (χ0n) is 14.9. The minimum absolute atomic E-state index is 0.156. The third-order valence-corrected chi connectivity index (χ3v) is 5.66. The molecule has 2 aromatic rings. The van der Waals surface area contributed by atoms with E-state index in [-0.39, 0.29) is 17.3 Å². The average molecular weight is 402 g/mol. The summed E-state index contributed by atoms with van der Waals surface area (Å²) in [7, 11) is 0. The molecule has 7 heteroatoms. The van der Waals surface area contributed by atoms with E-state index in [1.165, 1.54) is 11.8 Å². The molecule has 0 radical (unpaired) electrons. The van der Waals surface area contributed by atoms with Crippen molar-refractivity contribution in [1.82, 2.24) is 16.2 Å². The molecule has 1 heterocycles. The number of hydrogen-bond donors (Lipinski definition) is 3. The van der Waals surface area contributed by atoms with Gasteiger partial charge in [-0.3, -0.25) is 15.6 Å². The number of carbonyl (C=O) groups is 1. The van der Waals surface area contributed by atoms with E-state index in [1.54, 1.807) is 0 Å². The van der Waals surface area contributed by atoms with Gasteiger partial charge in [-0.25, -0.2) is 0 Å². The molecule has 2 atom stereocenters. The van der Waals surface area contributed by atoms with Gasteiger partial charge in [-0.1, -0.05) is 48.5 Å². The maximum Gasteiger partial charge on any atom is 0.256 e. The van der Waals surface area contributed by atoms with E-state index in [4.69, 9.17) is 17.0 Å². The lowest BCUT2D eigenvalue weighted by molar-refractivity contribution is -0.121. The number of carbonyl (C=O) groups excluding carboxylic acids is 1. The second-order valence-corrected chi connectivity index (χ2v) is 7.77. The van der Waals surface area contributed by atoms with Gasteiger partial charge in [0.15, 0.2) is 5.11 Å². The average Bonchev–Trinajstić information content (AvgIpc) is 3.24. The standard InChI is InChI=1S/C20H23N3O2S2/c24-19(22-23-20(26)21-14-16-10-7-13-25-16)18(15-8-3-1-4-9-15)27-17-11-5-2-6-12-17/h1-6,8-9,11-12,16,18H,7,10,13-14H2,(H,22,24)(H2,21,23,26)/t16-,18+/m1/s1. The van der Waals surface area contributed by atoms with Crippen LogP contribution in [0.1, 0.15) is 23.7 Å². The maximum absolute atomic E-state index is 12.8. The Hall–Kier alpha value is -2.09. The molecular formula is C20H23N3O2S2. The van der Waals surface area contributed by atoms with Crippen LogP contribution in [0.5, 0.6) is 0 Å². The summed E-state index contributed by atoms with van der Waals surface area (Å²) in [5.74, 6) is -0.156. The van der Waals surface area contributed by atoms with E-state index in [2.05, 4.69) is 16.2 Å². The number of thioether (sulfide) groups is 1. The van der Waals surface area contributed by atoms with Gasteiger partial charge in [-0.2, -0.15) is 0 Å². The van der Waals surface area contributed by atoms with E-state index in [1.807, 2.05) is 60.7 Å². The van der Waals surface area contributed by atoms with Crippen LogP contribution in [-0.2, 0) is 9.53 Å². The van der Waals surface area contributed by atoms with Gasteiger partial charge >= 0.3 is 0 Å². The molecule has 0 aromatic heterocycles. The third kappa shape index (κ3) is 6.23. The number of amides is 1. The highest BCUT2D eigenvalue weighted by Crippen LogP contribution is 2.35. The van der Waals surface area contributed by atoms with Gasteiger partial charge in [0.1, 0.15) is 5.25 Å². The highest BCUT2D eigenvalue weighted by molar-refractivity contribution is 8.00. The number of benzene rings is 2. The Labute approximate surface area is 169 Å². The van der Waals surface area contributed by atoms with Crippen molar-refractivity contribution < 1.29 is 9.53 Å². The number of thiocarbonyl (C=S) groups is 1. The number of rotatable bonds is 6. The van der Waals surface area contributed by atoms with Gasteiger partial charge in [0.25, 0.3) is 5.91 Å². The van der Waals surface area contributed by atoms with Crippen LogP contribution in [0, 0.1) is 0 Å². The number of nitrogens with one attached hydrogen (secondary N) is 3. The first-order valence-corrected chi connectivity index (χ1v) is 10.2. The topological polar surface area (TPSA) is 62.4 Å². The molecule has 0 bridgehead atoms. The van der Waals surface area contributed by atoms with Gasteiger partial charge in [-0.15, -0.1) is 11.8 Å². The predicted molar refractivity (Wildman–Crippen MR) is 112 cm³/mol. The lowest BCUT2D eigenvalue weighted by Crippen LogP contribution is -2.49. The fourth-order valence-electron chi connectivity index (χ4n) is 2.78. The van der Waals surface area contributed by atoms with Crippen molar-refractivity contribution in [2.75, 3.05) is 13.2 Å². The van der Waals surface area contributed by atoms with Crippen molar-refractivity contribution in [2.45, 2.75) is 29.1 Å². The second-order valence-electron chi connectivity index (χ2n) is 6.18. The molecule has 142 valence electrons. The molecule has 1 aliphatic rings. The zero-order chi connectivity index (χ0) is 18.9.